The summed E-state index contributed by atoms with van der Waals surface area (Å²) in [6.45, 7) is 3.61. The van der Waals surface area contributed by atoms with Gasteiger partial charge in [0.15, 0.2) is 0 Å². The Labute approximate surface area is 135 Å². The normalized spacial score (nSPS) is 13.1. The number of nitrogens with two attached hydrogens (primary N) is 1. The molecule has 1 rings (SSSR count). The van der Waals surface area contributed by atoms with Crippen molar-refractivity contribution in [2.45, 2.75) is 44.0 Å². The first kappa shape index (κ1) is 18.8. The van der Waals surface area contributed by atoms with Gasteiger partial charge in [-0.1, -0.05) is 31.4 Å². The summed E-state index contributed by atoms with van der Waals surface area (Å²) in [5, 5.41) is 11.0. The van der Waals surface area contributed by atoms with Crippen LogP contribution in [0.5, 0.6) is 0 Å². The lowest BCUT2D eigenvalue weighted by atomic mass is 10.1. The molecule has 1 aromatic carbocycles. The van der Waals surface area contributed by atoms with Crippen LogP contribution in [-0.2, 0) is 10.0 Å². The maximum atomic E-state index is 12.4. The third kappa shape index (κ3) is 4.64. The van der Waals surface area contributed by atoms with Crippen molar-refractivity contribution in [1.82, 2.24) is 4.72 Å². The van der Waals surface area contributed by atoms with Crippen LogP contribution in [0.15, 0.2) is 17.0 Å². The number of nitro groups is 1. The van der Waals surface area contributed by atoms with E-state index in [1.54, 1.807) is 0 Å². The average molecular weight is 350 g/mol. The van der Waals surface area contributed by atoms with Gasteiger partial charge in [0.1, 0.15) is 0 Å². The van der Waals surface area contributed by atoms with Crippen LogP contribution >= 0.6 is 11.6 Å². The fraction of sp³-hybridized carbons (Fsp3) is 0.538. The Morgan fingerprint density at radius 2 is 2.09 bits per heavy atom. The van der Waals surface area contributed by atoms with Gasteiger partial charge in [-0.05, 0) is 19.4 Å². The molecule has 0 saturated heterocycles. The van der Waals surface area contributed by atoms with Crippen LogP contribution in [0.1, 0.15) is 31.7 Å². The number of nitro benzene ring substituents is 1. The van der Waals surface area contributed by atoms with Gasteiger partial charge in [0.05, 0.1) is 14.8 Å². The first-order chi connectivity index (χ1) is 10.2. The van der Waals surface area contributed by atoms with Crippen molar-refractivity contribution in [3.8, 4) is 0 Å². The van der Waals surface area contributed by atoms with Crippen LogP contribution in [0.25, 0.3) is 0 Å². The lowest BCUT2D eigenvalue weighted by Crippen LogP contribution is -2.40. The van der Waals surface area contributed by atoms with Crippen LogP contribution in [-0.4, -0.2) is 25.9 Å². The fourth-order valence-corrected chi connectivity index (χ4v) is 3.56. The monoisotopic (exact) mass is 349 g/mol. The molecule has 1 atom stereocenters. The average Bonchev–Trinajstić information content (AvgIpc) is 2.45. The molecule has 0 bridgehead atoms. The van der Waals surface area contributed by atoms with Crippen molar-refractivity contribution in [2.75, 3.05) is 6.54 Å². The van der Waals surface area contributed by atoms with Gasteiger partial charge in [0, 0.05) is 24.2 Å². The largest absolute Gasteiger partial charge is 0.329 e. The maximum Gasteiger partial charge on any atom is 0.275 e. The Kier molecular flexibility index (Phi) is 6.73. The van der Waals surface area contributed by atoms with Crippen molar-refractivity contribution in [1.29, 1.82) is 0 Å². The Balaban J connectivity index is 3.15. The number of hydrogen-bond acceptors (Lipinski definition) is 5. The molecule has 124 valence electrons. The van der Waals surface area contributed by atoms with Crippen molar-refractivity contribution in [3.05, 3.63) is 32.8 Å². The van der Waals surface area contributed by atoms with Gasteiger partial charge in [0.25, 0.3) is 5.69 Å². The highest BCUT2D eigenvalue weighted by Crippen LogP contribution is 2.29. The maximum absolute atomic E-state index is 12.4. The number of nitrogens with zero attached hydrogens (tertiary/aromatic N) is 1. The molecule has 0 aliphatic heterocycles. The topological polar surface area (TPSA) is 115 Å². The molecular formula is C13H20ClN3O4S. The van der Waals surface area contributed by atoms with E-state index in [9.17, 15) is 18.5 Å². The summed E-state index contributed by atoms with van der Waals surface area (Å²) in [4.78, 5) is 10.1. The Morgan fingerprint density at radius 3 is 2.59 bits per heavy atom. The fourth-order valence-electron chi connectivity index (χ4n) is 1.95. The molecule has 0 fully saturated rings. The standard InChI is InChI=1S/C13H20ClN3O4S/c1-3-4-5-10(8-15)16-22(20,21)11-6-12(14)9(2)13(7-11)17(18)19/h6-7,10,16H,3-5,8,15H2,1-2H3. The number of hydrogen-bond donors (Lipinski definition) is 2. The minimum atomic E-state index is -3.92. The van der Waals surface area contributed by atoms with Crippen molar-refractivity contribution in [3.63, 3.8) is 0 Å². The molecule has 0 heterocycles. The molecule has 22 heavy (non-hydrogen) atoms. The zero-order valence-corrected chi connectivity index (χ0v) is 14.1. The minimum Gasteiger partial charge on any atom is -0.329 e. The van der Waals surface area contributed by atoms with Gasteiger partial charge >= 0.3 is 0 Å². The molecule has 3 N–H and O–H groups in total. The van der Waals surface area contributed by atoms with Crippen molar-refractivity contribution in [2.24, 2.45) is 5.73 Å². The second-order valence-corrected chi connectivity index (χ2v) is 7.12. The third-order valence-electron chi connectivity index (χ3n) is 3.31. The van der Waals surface area contributed by atoms with Crippen molar-refractivity contribution < 1.29 is 13.3 Å². The van der Waals surface area contributed by atoms with E-state index >= 15 is 0 Å². The molecule has 0 radical (unpaired) electrons. The van der Waals surface area contributed by atoms with Crippen LogP contribution in [0.4, 0.5) is 5.69 Å². The van der Waals surface area contributed by atoms with Crippen LogP contribution in [0.3, 0.4) is 0 Å². The quantitative estimate of drug-likeness (QED) is 0.552. The van der Waals surface area contributed by atoms with Gasteiger partial charge in [0.2, 0.25) is 10.0 Å². The van der Waals surface area contributed by atoms with E-state index in [2.05, 4.69) is 4.72 Å². The van der Waals surface area contributed by atoms with E-state index in [0.717, 1.165) is 18.9 Å². The zero-order valence-electron chi connectivity index (χ0n) is 12.5. The molecule has 0 spiro atoms. The predicted octanol–water partition coefficient (Wildman–Crippen LogP) is 2.35. The molecule has 0 aliphatic carbocycles. The first-order valence-electron chi connectivity index (χ1n) is 6.89. The summed E-state index contributed by atoms with van der Waals surface area (Å²) < 4.78 is 27.2. The lowest BCUT2D eigenvalue weighted by Gasteiger charge is -2.17. The zero-order chi connectivity index (χ0) is 16.9. The van der Waals surface area contributed by atoms with Gasteiger partial charge in [-0.3, -0.25) is 10.1 Å². The number of unbranched alkanes of at least 4 members (excludes halogenated alkanes) is 1. The highest BCUT2D eigenvalue weighted by molar-refractivity contribution is 7.89. The van der Waals surface area contributed by atoms with E-state index in [-0.39, 0.29) is 27.7 Å². The molecule has 1 unspecified atom stereocenters. The van der Waals surface area contributed by atoms with E-state index < -0.39 is 21.0 Å². The number of halogens is 1. The van der Waals surface area contributed by atoms with E-state index in [4.69, 9.17) is 17.3 Å². The third-order valence-corrected chi connectivity index (χ3v) is 5.20. The molecule has 0 saturated carbocycles. The van der Waals surface area contributed by atoms with E-state index in [0.29, 0.717) is 6.42 Å². The van der Waals surface area contributed by atoms with Crippen LogP contribution < -0.4 is 10.5 Å². The number of benzene rings is 1. The van der Waals surface area contributed by atoms with Crippen LogP contribution in [0, 0.1) is 17.0 Å². The number of rotatable bonds is 8. The molecule has 0 aliphatic rings. The smallest absolute Gasteiger partial charge is 0.275 e. The molecule has 7 nitrogen and oxygen atoms in total. The van der Waals surface area contributed by atoms with Crippen molar-refractivity contribution >= 4 is 27.3 Å². The summed E-state index contributed by atoms with van der Waals surface area (Å²) in [5.41, 5.74) is 5.47. The molecule has 1 aromatic rings. The van der Waals surface area contributed by atoms with Gasteiger partial charge < -0.3 is 5.73 Å². The van der Waals surface area contributed by atoms with Gasteiger partial charge in [-0.25, -0.2) is 13.1 Å². The summed E-state index contributed by atoms with van der Waals surface area (Å²) in [7, 11) is -3.92. The molecule has 0 aromatic heterocycles. The summed E-state index contributed by atoms with van der Waals surface area (Å²) in [6, 6.07) is 1.81. The summed E-state index contributed by atoms with van der Waals surface area (Å²) >= 11 is 5.90. The second-order valence-electron chi connectivity index (χ2n) is 5.00. The Hall–Kier alpha value is -1.22. The Morgan fingerprint density at radius 1 is 1.45 bits per heavy atom. The Bertz CT molecular complexity index is 649. The van der Waals surface area contributed by atoms with E-state index in [1.807, 2.05) is 6.92 Å². The highest BCUT2D eigenvalue weighted by atomic mass is 35.5. The lowest BCUT2D eigenvalue weighted by molar-refractivity contribution is -0.385. The molecule has 0 amide bonds. The van der Waals surface area contributed by atoms with Gasteiger partial charge in [-0.15, -0.1) is 0 Å². The highest BCUT2D eigenvalue weighted by Gasteiger charge is 2.24. The predicted molar refractivity (Wildman–Crippen MR) is 85.5 cm³/mol. The molecular weight excluding hydrogens is 330 g/mol. The first-order valence-corrected chi connectivity index (χ1v) is 8.76. The second kappa shape index (κ2) is 7.87. The summed E-state index contributed by atoms with van der Waals surface area (Å²) in [5.74, 6) is 0. The SMILES string of the molecule is CCCCC(CN)NS(=O)(=O)c1cc(Cl)c(C)c([N+](=O)[O-])c1. The number of sulfonamides is 1. The minimum absolute atomic E-state index is 0.0347. The number of nitrogens with one attached hydrogen (secondary N) is 1. The molecule has 9 heteroatoms. The summed E-state index contributed by atoms with van der Waals surface area (Å²) in [6.07, 6.45) is 2.35. The van der Waals surface area contributed by atoms with Gasteiger partial charge in [-0.2, -0.15) is 0 Å². The van der Waals surface area contributed by atoms with Crippen LogP contribution in [0.2, 0.25) is 5.02 Å². The van der Waals surface area contributed by atoms with E-state index in [1.165, 1.54) is 13.0 Å².